The lowest BCUT2D eigenvalue weighted by Crippen LogP contribution is -2.10. The van der Waals surface area contributed by atoms with Gasteiger partial charge in [-0.05, 0) is 36.0 Å². The monoisotopic (exact) mass is 251 g/mol. The molecule has 0 N–H and O–H groups in total. The molecule has 19 heavy (non-hydrogen) atoms. The summed E-state index contributed by atoms with van der Waals surface area (Å²) in [7, 11) is 0. The molecule has 1 aliphatic carbocycles. The van der Waals surface area contributed by atoms with Crippen molar-refractivity contribution >= 4 is 0 Å². The first kappa shape index (κ1) is 11.9. The van der Waals surface area contributed by atoms with Crippen LogP contribution in [0.5, 0.6) is 0 Å². The number of hydrogen-bond acceptors (Lipinski definition) is 1. The fourth-order valence-corrected chi connectivity index (χ4v) is 2.68. The second kappa shape index (κ2) is 4.85. The molecule has 2 heteroatoms. The summed E-state index contributed by atoms with van der Waals surface area (Å²) in [5.41, 5.74) is 3.11. The molecule has 0 unspecified atom stereocenters. The van der Waals surface area contributed by atoms with E-state index in [1.807, 2.05) is 30.3 Å². The van der Waals surface area contributed by atoms with Crippen LogP contribution >= 0.6 is 0 Å². The maximum absolute atomic E-state index is 13.7. The molecule has 94 valence electrons. The van der Waals surface area contributed by atoms with Crippen molar-refractivity contribution in [1.82, 2.24) is 0 Å². The Morgan fingerprint density at radius 2 is 1.74 bits per heavy atom. The zero-order valence-electron chi connectivity index (χ0n) is 10.6. The van der Waals surface area contributed by atoms with Gasteiger partial charge in [-0.25, -0.2) is 4.39 Å². The molecule has 0 aromatic heterocycles. The van der Waals surface area contributed by atoms with Crippen molar-refractivity contribution in [2.24, 2.45) is 0 Å². The van der Waals surface area contributed by atoms with Crippen LogP contribution in [-0.4, -0.2) is 0 Å². The molecule has 1 saturated carbocycles. The van der Waals surface area contributed by atoms with Crippen molar-refractivity contribution in [2.45, 2.75) is 25.2 Å². The van der Waals surface area contributed by atoms with Crippen molar-refractivity contribution < 1.29 is 4.39 Å². The predicted octanol–water partition coefficient (Wildman–Crippen LogP) is 4.63. The average molecular weight is 251 g/mol. The van der Waals surface area contributed by atoms with Gasteiger partial charge in [0.15, 0.2) is 0 Å². The summed E-state index contributed by atoms with van der Waals surface area (Å²) < 4.78 is 13.7. The molecule has 0 saturated heterocycles. The van der Waals surface area contributed by atoms with Crippen molar-refractivity contribution in [3.63, 3.8) is 0 Å². The SMILES string of the molecule is N#Cc1c(F)cccc1-c1ccccc1C1CCC1. The molecule has 0 amide bonds. The van der Waals surface area contributed by atoms with Crippen molar-refractivity contribution in [3.05, 3.63) is 59.4 Å². The zero-order chi connectivity index (χ0) is 13.2. The van der Waals surface area contributed by atoms with E-state index in [1.165, 1.54) is 30.9 Å². The molecule has 2 aromatic carbocycles. The van der Waals surface area contributed by atoms with Crippen LogP contribution in [0.25, 0.3) is 11.1 Å². The number of hydrogen-bond donors (Lipinski definition) is 0. The first-order valence-corrected chi connectivity index (χ1v) is 6.59. The van der Waals surface area contributed by atoms with Gasteiger partial charge in [0.05, 0.1) is 5.56 Å². The Kier molecular flexibility index (Phi) is 3.05. The summed E-state index contributed by atoms with van der Waals surface area (Å²) in [6, 6.07) is 14.9. The van der Waals surface area contributed by atoms with Crippen LogP contribution in [0.15, 0.2) is 42.5 Å². The largest absolute Gasteiger partial charge is 0.206 e. The molecule has 0 heterocycles. The second-order valence-corrected chi connectivity index (χ2v) is 4.99. The highest BCUT2D eigenvalue weighted by molar-refractivity contribution is 5.74. The third kappa shape index (κ3) is 2.02. The first-order valence-electron chi connectivity index (χ1n) is 6.59. The normalized spacial score (nSPS) is 14.7. The molecule has 2 aromatic rings. The quantitative estimate of drug-likeness (QED) is 0.763. The zero-order valence-corrected chi connectivity index (χ0v) is 10.6. The van der Waals surface area contributed by atoms with Crippen LogP contribution in [0, 0.1) is 17.1 Å². The Hall–Kier alpha value is -2.14. The van der Waals surface area contributed by atoms with Crippen LogP contribution < -0.4 is 0 Å². The van der Waals surface area contributed by atoms with E-state index in [0.717, 1.165) is 5.56 Å². The number of rotatable bonds is 2. The van der Waals surface area contributed by atoms with E-state index in [1.54, 1.807) is 6.07 Å². The summed E-state index contributed by atoms with van der Waals surface area (Å²) in [6.07, 6.45) is 3.63. The summed E-state index contributed by atoms with van der Waals surface area (Å²) in [5.74, 6) is 0.120. The van der Waals surface area contributed by atoms with Crippen LogP contribution in [0.1, 0.15) is 36.3 Å². The van der Waals surface area contributed by atoms with Crippen LogP contribution in [0.2, 0.25) is 0 Å². The van der Waals surface area contributed by atoms with Gasteiger partial charge in [-0.1, -0.05) is 42.8 Å². The topological polar surface area (TPSA) is 23.8 Å². The van der Waals surface area contributed by atoms with Crippen LogP contribution in [-0.2, 0) is 0 Å². The lowest BCUT2D eigenvalue weighted by molar-refractivity contribution is 0.420. The molecule has 0 spiro atoms. The third-order valence-corrected chi connectivity index (χ3v) is 3.92. The van der Waals surface area contributed by atoms with E-state index in [-0.39, 0.29) is 5.56 Å². The van der Waals surface area contributed by atoms with Gasteiger partial charge in [0.1, 0.15) is 11.9 Å². The minimum absolute atomic E-state index is 0.147. The van der Waals surface area contributed by atoms with E-state index in [4.69, 9.17) is 0 Å². The summed E-state index contributed by atoms with van der Waals surface area (Å²) in [4.78, 5) is 0. The minimum atomic E-state index is -0.441. The van der Waals surface area contributed by atoms with Gasteiger partial charge in [-0.2, -0.15) is 5.26 Å². The maximum Gasteiger partial charge on any atom is 0.141 e. The number of halogens is 1. The molecule has 3 rings (SSSR count). The van der Waals surface area contributed by atoms with Crippen LogP contribution in [0.4, 0.5) is 4.39 Å². The predicted molar refractivity (Wildman–Crippen MR) is 73.1 cm³/mol. The molecule has 1 aliphatic rings. The standard InChI is InChI=1S/C17H14FN/c18-17-10-4-9-15(16(17)11-19)14-8-2-1-7-13(14)12-5-3-6-12/h1-2,4,7-10,12H,3,5-6H2. The fourth-order valence-electron chi connectivity index (χ4n) is 2.68. The maximum atomic E-state index is 13.7. The van der Waals surface area contributed by atoms with E-state index >= 15 is 0 Å². The van der Waals surface area contributed by atoms with E-state index in [0.29, 0.717) is 11.5 Å². The minimum Gasteiger partial charge on any atom is -0.206 e. The van der Waals surface area contributed by atoms with Gasteiger partial charge in [0.2, 0.25) is 0 Å². The van der Waals surface area contributed by atoms with Gasteiger partial charge in [-0.3, -0.25) is 0 Å². The number of nitrogens with zero attached hydrogens (tertiary/aromatic N) is 1. The Bertz CT molecular complexity index is 651. The third-order valence-electron chi connectivity index (χ3n) is 3.92. The molecular weight excluding hydrogens is 237 g/mol. The number of benzene rings is 2. The lowest BCUT2D eigenvalue weighted by atomic mass is 9.77. The molecule has 0 bridgehead atoms. The van der Waals surface area contributed by atoms with Gasteiger partial charge in [0.25, 0.3) is 0 Å². The Morgan fingerprint density at radius 1 is 1.00 bits per heavy atom. The highest BCUT2D eigenvalue weighted by atomic mass is 19.1. The highest BCUT2D eigenvalue weighted by Gasteiger charge is 2.23. The van der Waals surface area contributed by atoms with E-state index in [2.05, 4.69) is 6.07 Å². The molecule has 0 aliphatic heterocycles. The van der Waals surface area contributed by atoms with E-state index in [9.17, 15) is 9.65 Å². The van der Waals surface area contributed by atoms with Gasteiger partial charge in [-0.15, -0.1) is 0 Å². The Balaban J connectivity index is 2.17. The molecule has 0 radical (unpaired) electrons. The molecule has 1 fully saturated rings. The second-order valence-electron chi connectivity index (χ2n) is 4.99. The van der Waals surface area contributed by atoms with Gasteiger partial charge in [0, 0.05) is 5.56 Å². The Morgan fingerprint density at radius 3 is 2.42 bits per heavy atom. The van der Waals surface area contributed by atoms with Gasteiger partial charge >= 0.3 is 0 Å². The Labute approximate surface area is 112 Å². The van der Waals surface area contributed by atoms with Gasteiger partial charge < -0.3 is 0 Å². The average Bonchev–Trinajstić information content (AvgIpc) is 2.37. The van der Waals surface area contributed by atoms with Crippen molar-refractivity contribution in [1.29, 1.82) is 5.26 Å². The fraction of sp³-hybridized carbons (Fsp3) is 0.235. The smallest absolute Gasteiger partial charge is 0.141 e. The summed E-state index contributed by atoms with van der Waals surface area (Å²) >= 11 is 0. The molecule has 1 nitrogen and oxygen atoms in total. The van der Waals surface area contributed by atoms with Crippen molar-refractivity contribution in [3.8, 4) is 17.2 Å². The lowest BCUT2D eigenvalue weighted by Gasteiger charge is -2.28. The molecule has 0 atom stereocenters. The summed E-state index contributed by atoms with van der Waals surface area (Å²) in [6.45, 7) is 0. The van der Waals surface area contributed by atoms with Crippen molar-refractivity contribution in [2.75, 3.05) is 0 Å². The van der Waals surface area contributed by atoms with E-state index < -0.39 is 5.82 Å². The highest BCUT2D eigenvalue weighted by Crippen LogP contribution is 2.41. The molecular formula is C17H14FN. The first-order chi connectivity index (χ1) is 9.31. The number of nitriles is 1. The summed E-state index contributed by atoms with van der Waals surface area (Å²) in [5, 5.41) is 9.17. The van der Waals surface area contributed by atoms with Crippen LogP contribution in [0.3, 0.4) is 0 Å².